The zero-order chi connectivity index (χ0) is 14.8. The molecule has 0 unspecified atom stereocenters. The molecule has 0 atom stereocenters. The number of carbonyl (C=O) groups excluding carboxylic acids is 1. The van der Waals surface area contributed by atoms with Crippen molar-refractivity contribution in [2.45, 2.75) is 6.54 Å². The van der Waals surface area contributed by atoms with Crippen molar-refractivity contribution in [1.82, 2.24) is 10.3 Å². The van der Waals surface area contributed by atoms with Crippen LogP contribution < -0.4 is 4.90 Å². The second-order valence-electron chi connectivity index (χ2n) is 4.77. The minimum Gasteiger partial charge on any atom is -0.368 e. The number of halogens is 1. The van der Waals surface area contributed by atoms with Gasteiger partial charge in [-0.05, 0) is 40.1 Å². The summed E-state index contributed by atoms with van der Waals surface area (Å²) in [5.41, 5.74) is 3.30. The molecule has 0 spiro atoms. The number of carbonyl (C=O) groups is 1. The molecule has 0 saturated heterocycles. The van der Waals surface area contributed by atoms with Crippen LogP contribution >= 0.6 is 0 Å². The molecule has 0 amide bonds. The molecule has 1 aromatic heterocycles. The average molecular weight is 285 g/mol. The standard InChI is InChI=1S/C15H12FN3O2/c1-19(8-10-2-4-12(16)5-3-10)14-7-11(9-20)6-13-15(14)18-21-17-13/h2-7,9H,8H2,1H3. The number of aromatic nitrogens is 2. The number of benzene rings is 2. The van der Waals surface area contributed by atoms with E-state index in [9.17, 15) is 9.18 Å². The SMILES string of the molecule is CN(Cc1ccc(F)cc1)c1cc(C=O)cc2nonc12. The molecule has 6 heteroatoms. The second kappa shape index (κ2) is 5.32. The maximum Gasteiger partial charge on any atom is 0.158 e. The number of hydrogen-bond acceptors (Lipinski definition) is 5. The zero-order valence-electron chi connectivity index (χ0n) is 11.3. The summed E-state index contributed by atoms with van der Waals surface area (Å²) in [5, 5.41) is 7.63. The Hall–Kier alpha value is -2.76. The fourth-order valence-corrected chi connectivity index (χ4v) is 2.20. The molecule has 0 N–H and O–H groups in total. The van der Waals surface area contributed by atoms with Crippen LogP contribution in [0.2, 0.25) is 0 Å². The molecule has 106 valence electrons. The molecular formula is C15H12FN3O2. The van der Waals surface area contributed by atoms with Crippen LogP contribution in [0, 0.1) is 5.82 Å². The first-order chi connectivity index (χ1) is 10.2. The Kier molecular flexibility index (Phi) is 3.35. The first-order valence-corrected chi connectivity index (χ1v) is 6.34. The Morgan fingerprint density at radius 2 is 2.00 bits per heavy atom. The van der Waals surface area contributed by atoms with Crippen LogP contribution in [0.25, 0.3) is 11.0 Å². The molecule has 3 rings (SSSR count). The fraction of sp³-hybridized carbons (Fsp3) is 0.133. The lowest BCUT2D eigenvalue weighted by molar-refractivity contribution is 0.112. The quantitative estimate of drug-likeness (QED) is 0.690. The third kappa shape index (κ3) is 2.60. The van der Waals surface area contributed by atoms with Gasteiger partial charge in [-0.1, -0.05) is 12.1 Å². The van der Waals surface area contributed by atoms with E-state index in [0.717, 1.165) is 17.5 Å². The Morgan fingerprint density at radius 3 is 2.71 bits per heavy atom. The van der Waals surface area contributed by atoms with Crippen molar-refractivity contribution in [3.63, 3.8) is 0 Å². The van der Waals surface area contributed by atoms with E-state index in [0.29, 0.717) is 23.1 Å². The number of hydrogen-bond donors (Lipinski definition) is 0. The van der Waals surface area contributed by atoms with Crippen molar-refractivity contribution in [1.29, 1.82) is 0 Å². The Balaban J connectivity index is 1.96. The Morgan fingerprint density at radius 1 is 1.24 bits per heavy atom. The average Bonchev–Trinajstić information content (AvgIpc) is 2.96. The van der Waals surface area contributed by atoms with Gasteiger partial charge >= 0.3 is 0 Å². The van der Waals surface area contributed by atoms with Gasteiger partial charge in [0.1, 0.15) is 17.6 Å². The van der Waals surface area contributed by atoms with Gasteiger partial charge in [0.25, 0.3) is 0 Å². The molecular weight excluding hydrogens is 273 g/mol. The van der Waals surface area contributed by atoms with Gasteiger partial charge in [-0.15, -0.1) is 0 Å². The zero-order valence-corrected chi connectivity index (χ0v) is 11.3. The van der Waals surface area contributed by atoms with Gasteiger partial charge < -0.3 is 4.90 Å². The first kappa shape index (κ1) is 13.2. The van der Waals surface area contributed by atoms with Crippen molar-refractivity contribution in [3.8, 4) is 0 Å². The third-order valence-corrected chi connectivity index (χ3v) is 3.24. The minimum atomic E-state index is -0.271. The van der Waals surface area contributed by atoms with E-state index < -0.39 is 0 Å². The van der Waals surface area contributed by atoms with Gasteiger partial charge in [0.05, 0.1) is 5.69 Å². The number of rotatable bonds is 4. The van der Waals surface area contributed by atoms with Crippen LogP contribution in [0.1, 0.15) is 15.9 Å². The van der Waals surface area contributed by atoms with Crippen molar-refractivity contribution < 1.29 is 13.8 Å². The van der Waals surface area contributed by atoms with Crippen LogP contribution in [0.3, 0.4) is 0 Å². The van der Waals surface area contributed by atoms with E-state index in [4.69, 9.17) is 4.63 Å². The predicted octanol–water partition coefficient (Wildman–Crippen LogP) is 2.81. The molecule has 0 aliphatic heterocycles. The number of fused-ring (bicyclic) bond motifs is 1. The summed E-state index contributed by atoms with van der Waals surface area (Å²) in [4.78, 5) is 12.9. The molecule has 0 saturated carbocycles. The molecule has 1 heterocycles. The van der Waals surface area contributed by atoms with Gasteiger partial charge in [0.2, 0.25) is 0 Å². The van der Waals surface area contributed by atoms with Gasteiger partial charge in [-0.2, -0.15) is 0 Å². The fourth-order valence-electron chi connectivity index (χ4n) is 2.20. The summed E-state index contributed by atoms with van der Waals surface area (Å²) in [7, 11) is 1.86. The molecule has 2 aromatic carbocycles. The molecule has 0 bridgehead atoms. The van der Waals surface area contributed by atoms with Crippen LogP contribution in [-0.4, -0.2) is 23.6 Å². The normalized spacial score (nSPS) is 10.8. The molecule has 0 fully saturated rings. The largest absolute Gasteiger partial charge is 0.368 e. The lowest BCUT2D eigenvalue weighted by Crippen LogP contribution is -2.17. The Labute approximate surface area is 119 Å². The molecule has 3 aromatic rings. The van der Waals surface area contributed by atoms with Crippen LogP contribution in [0.4, 0.5) is 10.1 Å². The topological polar surface area (TPSA) is 59.2 Å². The monoisotopic (exact) mass is 285 g/mol. The van der Waals surface area contributed by atoms with Gasteiger partial charge in [0, 0.05) is 19.2 Å². The maximum atomic E-state index is 12.9. The molecule has 0 aliphatic carbocycles. The van der Waals surface area contributed by atoms with Crippen LogP contribution in [-0.2, 0) is 6.54 Å². The first-order valence-electron chi connectivity index (χ1n) is 6.34. The van der Waals surface area contributed by atoms with Crippen molar-refractivity contribution in [3.05, 3.63) is 53.3 Å². The highest BCUT2D eigenvalue weighted by Crippen LogP contribution is 2.26. The summed E-state index contributed by atoms with van der Waals surface area (Å²) in [6, 6.07) is 9.61. The predicted molar refractivity (Wildman–Crippen MR) is 75.7 cm³/mol. The van der Waals surface area contributed by atoms with E-state index in [1.807, 2.05) is 11.9 Å². The lowest BCUT2D eigenvalue weighted by atomic mass is 10.1. The van der Waals surface area contributed by atoms with E-state index in [-0.39, 0.29) is 5.82 Å². The summed E-state index contributed by atoms with van der Waals surface area (Å²) < 4.78 is 17.7. The summed E-state index contributed by atoms with van der Waals surface area (Å²) in [6.45, 7) is 0.546. The highest BCUT2D eigenvalue weighted by atomic mass is 19.1. The summed E-state index contributed by atoms with van der Waals surface area (Å²) >= 11 is 0. The summed E-state index contributed by atoms with van der Waals surface area (Å²) in [5.74, 6) is -0.271. The molecule has 0 radical (unpaired) electrons. The molecule has 5 nitrogen and oxygen atoms in total. The van der Waals surface area contributed by atoms with Gasteiger partial charge in [-0.25, -0.2) is 9.02 Å². The smallest absolute Gasteiger partial charge is 0.158 e. The molecule has 21 heavy (non-hydrogen) atoms. The van der Waals surface area contributed by atoms with E-state index in [1.165, 1.54) is 12.1 Å². The second-order valence-corrected chi connectivity index (χ2v) is 4.77. The number of nitrogens with zero attached hydrogens (tertiary/aromatic N) is 3. The number of aldehydes is 1. The van der Waals surface area contributed by atoms with Crippen molar-refractivity contribution >= 4 is 23.0 Å². The summed E-state index contributed by atoms with van der Waals surface area (Å²) in [6.07, 6.45) is 0.753. The van der Waals surface area contributed by atoms with Gasteiger partial charge in [-0.3, -0.25) is 4.79 Å². The number of anilines is 1. The van der Waals surface area contributed by atoms with E-state index in [2.05, 4.69) is 10.3 Å². The van der Waals surface area contributed by atoms with Gasteiger partial charge in [0.15, 0.2) is 5.52 Å². The van der Waals surface area contributed by atoms with Crippen molar-refractivity contribution in [2.75, 3.05) is 11.9 Å². The van der Waals surface area contributed by atoms with E-state index in [1.54, 1.807) is 24.3 Å². The van der Waals surface area contributed by atoms with Crippen LogP contribution in [0.15, 0.2) is 41.0 Å². The third-order valence-electron chi connectivity index (χ3n) is 3.24. The maximum absolute atomic E-state index is 12.9. The highest BCUT2D eigenvalue weighted by molar-refractivity contribution is 5.93. The van der Waals surface area contributed by atoms with E-state index >= 15 is 0 Å². The minimum absolute atomic E-state index is 0.271. The highest BCUT2D eigenvalue weighted by Gasteiger charge is 2.13. The van der Waals surface area contributed by atoms with Crippen LogP contribution in [0.5, 0.6) is 0 Å². The van der Waals surface area contributed by atoms with Crippen molar-refractivity contribution in [2.24, 2.45) is 0 Å². The Bertz CT molecular complexity index is 783. The lowest BCUT2D eigenvalue weighted by Gasteiger charge is -2.19. The molecule has 0 aliphatic rings.